The van der Waals surface area contributed by atoms with Crippen LogP contribution in [-0.2, 0) is 9.47 Å². The lowest BCUT2D eigenvalue weighted by atomic mass is 10.2. The Hall–Kier alpha value is -1.59. The molecule has 1 fully saturated rings. The Balaban J connectivity index is 1.81. The predicted molar refractivity (Wildman–Crippen MR) is 75.1 cm³/mol. The molecule has 0 spiro atoms. The zero-order valence-corrected chi connectivity index (χ0v) is 11.9. The highest BCUT2D eigenvalue weighted by Crippen LogP contribution is 2.15. The number of carbonyl (C=O) groups excluding carboxylic acids is 1. The van der Waals surface area contributed by atoms with Gasteiger partial charge < -0.3 is 19.5 Å². The van der Waals surface area contributed by atoms with Crippen molar-refractivity contribution in [1.82, 2.24) is 5.32 Å². The molecule has 1 saturated heterocycles. The first-order chi connectivity index (χ1) is 9.72. The fourth-order valence-corrected chi connectivity index (χ4v) is 2.19. The van der Waals surface area contributed by atoms with Crippen LogP contribution in [0, 0.1) is 0 Å². The molecule has 1 aliphatic heterocycles. The van der Waals surface area contributed by atoms with Gasteiger partial charge in [0.15, 0.2) is 0 Å². The van der Waals surface area contributed by atoms with Gasteiger partial charge in [-0.1, -0.05) is 0 Å². The lowest BCUT2D eigenvalue weighted by Crippen LogP contribution is -2.28. The van der Waals surface area contributed by atoms with E-state index in [2.05, 4.69) is 5.32 Å². The average molecular weight is 279 g/mol. The second kappa shape index (κ2) is 7.26. The van der Waals surface area contributed by atoms with E-state index in [1.807, 2.05) is 0 Å². The molecule has 1 aromatic rings. The summed E-state index contributed by atoms with van der Waals surface area (Å²) in [4.78, 5) is 11.5. The van der Waals surface area contributed by atoms with Gasteiger partial charge in [-0.05, 0) is 37.6 Å². The summed E-state index contributed by atoms with van der Waals surface area (Å²) in [5.74, 6) is 0.445. The number of methoxy groups -OCH3 is 1. The molecule has 2 rings (SSSR count). The van der Waals surface area contributed by atoms with Gasteiger partial charge in [0.1, 0.15) is 12.4 Å². The van der Waals surface area contributed by atoms with Crippen LogP contribution in [0.25, 0.3) is 0 Å². The van der Waals surface area contributed by atoms with Crippen LogP contribution in [0.3, 0.4) is 0 Å². The van der Waals surface area contributed by atoms with Crippen molar-refractivity contribution < 1.29 is 19.0 Å². The molecular formula is C15H21NO4. The van der Waals surface area contributed by atoms with Crippen LogP contribution < -0.4 is 10.1 Å². The summed E-state index contributed by atoms with van der Waals surface area (Å²) in [7, 11) is 1.73. The van der Waals surface area contributed by atoms with E-state index in [9.17, 15) is 4.79 Å². The Kier molecular flexibility index (Phi) is 5.38. The predicted octanol–water partition coefficient (Wildman–Crippen LogP) is 1.62. The van der Waals surface area contributed by atoms with Crippen molar-refractivity contribution >= 4 is 5.97 Å². The van der Waals surface area contributed by atoms with E-state index in [0.717, 1.165) is 18.7 Å². The molecule has 0 aromatic heterocycles. The van der Waals surface area contributed by atoms with Crippen molar-refractivity contribution in [1.29, 1.82) is 0 Å². The van der Waals surface area contributed by atoms with Crippen molar-refractivity contribution in [2.45, 2.75) is 25.5 Å². The Morgan fingerprint density at radius 3 is 2.70 bits per heavy atom. The highest BCUT2D eigenvalue weighted by molar-refractivity contribution is 5.89. The standard InChI is InChI=1S/C15H21NO4/c1-3-19-15(17)11-4-6-13(7-5-11)20-10-12-8-14(18-2)9-16-12/h4-7,12,14,16H,3,8-10H2,1-2H3/t12-,14-/m0/s1. The minimum atomic E-state index is -0.306. The molecule has 1 N–H and O–H groups in total. The lowest BCUT2D eigenvalue weighted by Gasteiger charge is -2.12. The van der Waals surface area contributed by atoms with Crippen molar-refractivity contribution in [3.63, 3.8) is 0 Å². The molecule has 1 aliphatic rings. The van der Waals surface area contributed by atoms with Crippen LogP contribution in [0.15, 0.2) is 24.3 Å². The lowest BCUT2D eigenvalue weighted by molar-refractivity contribution is 0.0526. The van der Waals surface area contributed by atoms with E-state index >= 15 is 0 Å². The summed E-state index contributed by atoms with van der Waals surface area (Å²) in [5, 5.41) is 3.35. The van der Waals surface area contributed by atoms with E-state index in [-0.39, 0.29) is 12.1 Å². The fourth-order valence-electron chi connectivity index (χ4n) is 2.19. The van der Waals surface area contributed by atoms with Gasteiger partial charge >= 0.3 is 5.97 Å². The topological polar surface area (TPSA) is 56.8 Å². The van der Waals surface area contributed by atoms with Crippen LogP contribution in [0.4, 0.5) is 0 Å². The molecule has 1 heterocycles. The molecule has 2 atom stereocenters. The van der Waals surface area contributed by atoms with E-state index in [1.54, 1.807) is 38.3 Å². The van der Waals surface area contributed by atoms with Gasteiger partial charge in [-0.25, -0.2) is 4.79 Å². The van der Waals surface area contributed by atoms with Gasteiger partial charge in [-0.2, -0.15) is 0 Å². The molecule has 0 aliphatic carbocycles. The van der Waals surface area contributed by atoms with Crippen LogP contribution in [0.5, 0.6) is 5.75 Å². The van der Waals surface area contributed by atoms with Gasteiger partial charge in [0.2, 0.25) is 0 Å². The Morgan fingerprint density at radius 1 is 1.35 bits per heavy atom. The van der Waals surface area contributed by atoms with Crippen LogP contribution >= 0.6 is 0 Å². The number of hydrogen-bond donors (Lipinski definition) is 1. The van der Waals surface area contributed by atoms with Gasteiger partial charge in [0.25, 0.3) is 0 Å². The molecule has 5 heteroatoms. The summed E-state index contributed by atoms with van der Waals surface area (Å²) in [6, 6.07) is 7.31. The molecule has 0 radical (unpaired) electrons. The smallest absolute Gasteiger partial charge is 0.338 e. The average Bonchev–Trinajstić information content (AvgIpc) is 2.94. The Bertz CT molecular complexity index is 432. The van der Waals surface area contributed by atoms with Crippen LogP contribution in [-0.4, -0.2) is 45.0 Å². The van der Waals surface area contributed by atoms with E-state index in [1.165, 1.54) is 0 Å². The maximum Gasteiger partial charge on any atom is 0.338 e. The van der Waals surface area contributed by atoms with Crippen molar-refractivity contribution in [3.05, 3.63) is 29.8 Å². The van der Waals surface area contributed by atoms with Gasteiger partial charge in [-0.15, -0.1) is 0 Å². The maximum atomic E-state index is 11.5. The number of hydrogen-bond acceptors (Lipinski definition) is 5. The van der Waals surface area contributed by atoms with Gasteiger partial charge in [0, 0.05) is 19.7 Å². The fraction of sp³-hybridized carbons (Fsp3) is 0.533. The molecule has 110 valence electrons. The van der Waals surface area contributed by atoms with Crippen molar-refractivity contribution in [3.8, 4) is 5.75 Å². The third-order valence-corrected chi connectivity index (χ3v) is 3.33. The second-order valence-corrected chi connectivity index (χ2v) is 4.75. The SMILES string of the molecule is CCOC(=O)c1ccc(OC[C@@H]2C[C@H](OC)CN2)cc1. The minimum Gasteiger partial charge on any atom is -0.492 e. The molecule has 0 unspecified atom stereocenters. The number of nitrogens with one attached hydrogen (secondary N) is 1. The number of carbonyl (C=O) groups is 1. The summed E-state index contributed by atoms with van der Waals surface area (Å²) in [6.07, 6.45) is 1.23. The van der Waals surface area contributed by atoms with E-state index in [0.29, 0.717) is 24.8 Å². The van der Waals surface area contributed by atoms with Crippen molar-refractivity contribution in [2.24, 2.45) is 0 Å². The zero-order chi connectivity index (χ0) is 14.4. The second-order valence-electron chi connectivity index (χ2n) is 4.75. The number of benzene rings is 1. The first-order valence-corrected chi connectivity index (χ1v) is 6.89. The number of rotatable bonds is 6. The minimum absolute atomic E-state index is 0.273. The quantitative estimate of drug-likeness (QED) is 0.802. The highest BCUT2D eigenvalue weighted by atomic mass is 16.5. The molecular weight excluding hydrogens is 258 g/mol. The first-order valence-electron chi connectivity index (χ1n) is 6.89. The Labute approximate surface area is 119 Å². The number of esters is 1. The molecule has 0 amide bonds. The molecule has 20 heavy (non-hydrogen) atoms. The van der Waals surface area contributed by atoms with Crippen LogP contribution in [0.1, 0.15) is 23.7 Å². The number of ether oxygens (including phenoxy) is 3. The first kappa shape index (κ1) is 14.8. The van der Waals surface area contributed by atoms with Gasteiger partial charge in [0.05, 0.1) is 18.3 Å². The third kappa shape index (κ3) is 3.95. The summed E-state index contributed by atoms with van der Waals surface area (Å²) < 4.78 is 15.9. The summed E-state index contributed by atoms with van der Waals surface area (Å²) >= 11 is 0. The molecule has 0 bridgehead atoms. The van der Waals surface area contributed by atoms with Crippen LogP contribution in [0.2, 0.25) is 0 Å². The molecule has 5 nitrogen and oxygen atoms in total. The highest BCUT2D eigenvalue weighted by Gasteiger charge is 2.24. The summed E-state index contributed by atoms with van der Waals surface area (Å²) in [5.41, 5.74) is 0.539. The largest absolute Gasteiger partial charge is 0.492 e. The summed E-state index contributed by atoms with van der Waals surface area (Å²) in [6.45, 7) is 3.63. The normalized spacial score (nSPS) is 21.7. The Morgan fingerprint density at radius 2 is 2.10 bits per heavy atom. The van der Waals surface area contributed by atoms with E-state index in [4.69, 9.17) is 14.2 Å². The van der Waals surface area contributed by atoms with Gasteiger partial charge in [-0.3, -0.25) is 0 Å². The monoisotopic (exact) mass is 279 g/mol. The maximum absolute atomic E-state index is 11.5. The third-order valence-electron chi connectivity index (χ3n) is 3.33. The zero-order valence-electron chi connectivity index (χ0n) is 11.9. The molecule has 1 aromatic carbocycles. The van der Waals surface area contributed by atoms with Crippen molar-refractivity contribution in [2.75, 3.05) is 26.9 Å². The molecule has 0 saturated carbocycles. The van der Waals surface area contributed by atoms with E-state index < -0.39 is 0 Å².